The Kier molecular flexibility index (Phi) is 5.42. The number of nitrogens with two attached hydrogens (primary N) is 1. The molecule has 1 saturated heterocycles. The van der Waals surface area contributed by atoms with E-state index >= 15 is 0 Å². The third-order valence-corrected chi connectivity index (χ3v) is 6.30. The monoisotopic (exact) mass is 330 g/mol. The van der Waals surface area contributed by atoms with Crippen LogP contribution in [0.2, 0.25) is 0 Å². The molecule has 1 heterocycles. The molecule has 1 fully saturated rings. The molecule has 0 radical (unpaired) electrons. The van der Waals surface area contributed by atoms with Crippen LogP contribution in [-0.4, -0.2) is 31.0 Å². The van der Waals surface area contributed by atoms with Crippen LogP contribution < -0.4 is 10.5 Å². The number of hydrogen-bond acceptors (Lipinski definition) is 4. The van der Waals surface area contributed by atoms with Gasteiger partial charge in [-0.2, -0.15) is 11.8 Å². The van der Waals surface area contributed by atoms with Crippen molar-refractivity contribution in [1.29, 1.82) is 0 Å². The maximum atomic E-state index is 12.2. The zero-order valence-corrected chi connectivity index (χ0v) is 13.5. The summed E-state index contributed by atoms with van der Waals surface area (Å²) in [6.45, 7) is 0.490. The smallest absolute Gasteiger partial charge is 0.240 e. The normalized spacial score (nSPS) is 19.7. The second-order valence-electron chi connectivity index (χ2n) is 4.73. The number of hydrogen-bond donors (Lipinski definition) is 2. The van der Waals surface area contributed by atoms with Crippen molar-refractivity contribution in [3.63, 3.8) is 0 Å². The van der Waals surface area contributed by atoms with E-state index in [1.54, 1.807) is 12.1 Å². The van der Waals surface area contributed by atoms with Crippen molar-refractivity contribution in [3.8, 4) is 0 Å². The van der Waals surface area contributed by atoms with Crippen LogP contribution in [0.3, 0.4) is 0 Å². The lowest BCUT2D eigenvalue weighted by molar-refractivity contribution is 0.574. The molecular weight excluding hydrogens is 312 g/mol. The number of thioether (sulfide) groups is 1. The summed E-state index contributed by atoms with van der Waals surface area (Å²) in [4.78, 5) is 0.513. The predicted molar refractivity (Wildman–Crippen MR) is 87.6 cm³/mol. The highest BCUT2D eigenvalue weighted by molar-refractivity contribution is 8.00. The summed E-state index contributed by atoms with van der Waals surface area (Å²) in [6.07, 6.45) is 3.49. The van der Waals surface area contributed by atoms with Crippen molar-refractivity contribution in [3.05, 3.63) is 29.8 Å². The lowest BCUT2D eigenvalue weighted by Gasteiger charge is -2.21. The van der Waals surface area contributed by atoms with Crippen LogP contribution in [-0.2, 0) is 10.0 Å². The SMILES string of the molecule is NC(=S)c1ccc(S(=O)(=O)NCC2CCCCS2)cc1. The first-order valence-corrected chi connectivity index (χ1v) is 9.44. The third-order valence-electron chi connectivity index (χ3n) is 3.22. The summed E-state index contributed by atoms with van der Waals surface area (Å²) in [6, 6.07) is 6.33. The molecule has 0 spiro atoms. The van der Waals surface area contributed by atoms with E-state index in [9.17, 15) is 8.42 Å². The first kappa shape index (κ1) is 15.8. The quantitative estimate of drug-likeness (QED) is 0.807. The second kappa shape index (κ2) is 6.89. The van der Waals surface area contributed by atoms with Crippen LogP contribution in [0.1, 0.15) is 24.8 Å². The molecule has 1 aliphatic rings. The van der Waals surface area contributed by atoms with Gasteiger partial charge in [-0.1, -0.05) is 30.8 Å². The summed E-state index contributed by atoms with van der Waals surface area (Å²) in [5, 5.41) is 0.384. The Morgan fingerprint density at radius 3 is 2.60 bits per heavy atom. The van der Waals surface area contributed by atoms with Crippen LogP contribution >= 0.6 is 24.0 Å². The average Bonchev–Trinajstić information content (AvgIpc) is 2.46. The Morgan fingerprint density at radius 1 is 1.35 bits per heavy atom. The molecule has 0 aromatic heterocycles. The molecule has 0 aliphatic carbocycles. The Labute approximate surface area is 129 Å². The number of benzene rings is 1. The van der Waals surface area contributed by atoms with Gasteiger partial charge in [-0.05, 0) is 30.7 Å². The highest BCUT2D eigenvalue weighted by Crippen LogP contribution is 2.24. The maximum Gasteiger partial charge on any atom is 0.240 e. The van der Waals surface area contributed by atoms with Gasteiger partial charge >= 0.3 is 0 Å². The molecule has 1 aliphatic heterocycles. The molecule has 3 N–H and O–H groups in total. The molecule has 1 aromatic carbocycles. The Balaban J connectivity index is 2.00. The zero-order valence-electron chi connectivity index (χ0n) is 11.0. The fraction of sp³-hybridized carbons (Fsp3) is 0.462. The van der Waals surface area contributed by atoms with Gasteiger partial charge < -0.3 is 5.73 Å². The van der Waals surface area contributed by atoms with E-state index in [2.05, 4.69) is 4.72 Å². The van der Waals surface area contributed by atoms with Gasteiger partial charge in [0, 0.05) is 17.4 Å². The van der Waals surface area contributed by atoms with Crippen molar-refractivity contribution in [1.82, 2.24) is 4.72 Å². The second-order valence-corrected chi connectivity index (χ2v) is 8.34. The number of sulfonamides is 1. The minimum absolute atomic E-state index is 0.248. The van der Waals surface area contributed by atoms with Gasteiger partial charge in [0.2, 0.25) is 10.0 Å². The highest BCUT2D eigenvalue weighted by Gasteiger charge is 2.19. The molecule has 1 unspecified atom stereocenters. The van der Waals surface area contributed by atoms with Crippen molar-refractivity contribution in [2.24, 2.45) is 5.73 Å². The van der Waals surface area contributed by atoms with Crippen LogP contribution in [0.4, 0.5) is 0 Å². The van der Waals surface area contributed by atoms with Gasteiger partial charge in [0.05, 0.1) is 4.90 Å². The Bertz CT molecular complexity index is 564. The van der Waals surface area contributed by atoms with Crippen molar-refractivity contribution in [2.75, 3.05) is 12.3 Å². The molecule has 7 heteroatoms. The zero-order chi connectivity index (χ0) is 14.6. The molecular formula is C13H18N2O2S3. The van der Waals surface area contributed by atoms with Crippen LogP contribution in [0.15, 0.2) is 29.2 Å². The lowest BCUT2D eigenvalue weighted by atomic mass is 10.2. The molecule has 0 amide bonds. The summed E-state index contributed by atoms with van der Waals surface area (Å²) >= 11 is 6.69. The summed E-state index contributed by atoms with van der Waals surface area (Å²) < 4.78 is 27.0. The Hall–Kier alpha value is -0.630. The van der Waals surface area contributed by atoms with E-state index in [0.29, 0.717) is 17.4 Å². The number of nitrogens with one attached hydrogen (secondary N) is 1. The summed E-state index contributed by atoms with van der Waals surface area (Å²) in [5.74, 6) is 1.12. The highest BCUT2D eigenvalue weighted by atomic mass is 32.2. The van der Waals surface area contributed by atoms with Gasteiger partial charge in [-0.25, -0.2) is 13.1 Å². The Morgan fingerprint density at radius 2 is 2.05 bits per heavy atom. The van der Waals surface area contributed by atoms with Gasteiger partial charge in [-0.15, -0.1) is 0 Å². The molecule has 20 heavy (non-hydrogen) atoms. The van der Waals surface area contributed by atoms with E-state index in [1.807, 2.05) is 11.8 Å². The molecule has 4 nitrogen and oxygen atoms in total. The molecule has 110 valence electrons. The van der Waals surface area contributed by atoms with Crippen LogP contribution in [0, 0.1) is 0 Å². The number of thiocarbonyl (C=S) groups is 1. The van der Waals surface area contributed by atoms with Crippen LogP contribution in [0.25, 0.3) is 0 Å². The summed E-state index contributed by atoms with van der Waals surface area (Å²) in [5.41, 5.74) is 6.16. The van der Waals surface area contributed by atoms with Crippen molar-refractivity contribution in [2.45, 2.75) is 29.4 Å². The fourth-order valence-electron chi connectivity index (χ4n) is 2.05. The molecule has 0 saturated carbocycles. The molecule has 2 rings (SSSR count). The standard InChI is InChI=1S/C13H18N2O2S3/c14-13(18)10-4-6-12(7-5-10)20(16,17)15-9-11-3-1-2-8-19-11/h4-7,11,15H,1-3,8-9H2,(H2,14,18). The molecule has 0 bridgehead atoms. The number of rotatable bonds is 5. The molecule has 1 aromatic rings. The van der Waals surface area contributed by atoms with Gasteiger partial charge in [0.25, 0.3) is 0 Å². The van der Waals surface area contributed by atoms with E-state index in [1.165, 1.54) is 25.0 Å². The topological polar surface area (TPSA) is 72.2 Å². The predicted octanol–water partition coefficient (Wildman–Crippen LogP) is 1.88. The largest absolute Gasteiger partial charge is 0.389 e. The average molecular weight is 331 g/mol. The maximum absolute atomic E-state index is 12.2. The minimum Gasteiger partial charge on any atom is -0.389 e. The van der Waals surface area contributed by atoms with Gasteiger partial charge in [0.15, 0.2) is 0 Å². The van der Waals surface area contributed by atoms with E-state index < -0.39 is 10.0 Å². The molecule has 1 atom stereocenters. The van der Waals surface area contributed by atoms with Gasteiger partial charge in [0.1, 0.15) is 4.99 Å². The first-order chi connectivity index (χ1) is 9.49. The first-order valence-electron chi connectivity index (χ1n) is 6.50. The van der Waals surface area contributed by atoms with Crippen molar-refractivity contribution >= 4 is 39.0 Å². The van der Waals surface area contributed by atoms with E-state index in [4.69, 9.17) is 18.0 Å². The van der Waals surface area contributed by atoms with Gasteiger partial charge in [-0.3, -0.25) is 0 Å². The minimum atomic E-state index is -3.45. The van der Waals surface area contributed by atoms with E-state index in [-0.39, 0.29) is 9.88 Å². The third kappa shape index (κ3) is 4.18. The van der Waals surface area contributed by atoms with E-state index in [0.717, 1.165) is 12.2 Å². The summed E-state index contributed by atoms with van der Waals surface area (Å²) in [7, 11) is -3.45. The van der Waals surface area contributed by atoms with Crippen LogP contribution in [0.5, 0.6) is 0 Å². The fourth-order valence-corrected chi connectivity index (χ4v) is 4.61. The lowest BCUT2D eigenvalue weighted by Crippen LogP contribution is -2.32. The van der Waals surface area contributed by atoms with Crippen molar-refractivity contribution < 1.29 is 8.42 Å².